The van der Waals surface area contributed by atoms with Gasteiger partial charge >= 0.3 is 12.1 Å². The fourth-order valence-corrected chi connectivity index (χ4v) is 4.25. The van der Waals surface area contributed by atoms with Gasteiger partial charge in [0.15, 0.2) is 0 Å². The Morgan fingerprint density at radius 3 is 2.09 bits per heavy atom. The lowest BCUT2D eigenvalue weighted by Crippen LogP contribution is -2.30. The van der Waals surface area contributed by atoms with Crippen molar-refractivity contribution in [3.8, 4) is 0 Å². The standard InChI is InChI=1S/C22H28Cl2N2.C2HF3O2/c23-21-10-9-20(12-22(21)24)16-26(14-17-5-2-1-3-6-17)15-19-8-4-7-18(11-19)13-25;3-2(4,5)1(6)7/h4,7-12,17H,1-3,5-6,13-16,25H2;(H,6,7). The largest absolute Gasteiger partial charge is 0.490 e. The van der Waals surface area contributed by atoms with Gasteiger partial charge in [0.1, 0.15) is 0 Å². The van der Waals surface area contributed by atoms with E-state index in [1.807, 2.05) is 12.1 Å². The zero-order valence-electron chi connectivity index (χ0n) is 18.3. The van der Waals surface area contributed by atoms with E-state index in [1.165, 1.54) is 48.8 Å². The van der Waals surface area contributed by atoms with Crippen LogP contribution in [-0.4, -0.2) is 28.7 Å². The average molecular weight is 505 g/mol. The van der Waals surface area contributed by atoms with E-state index < -0.39 is 12.1 Å². The lowest BCUT2D eigenvalue weighted by molar-refractivity contribution is -0.192. The van der Waals surface area contributed by atoms with Crippen LogP contribution in [0.25, 0.3) is 0 Å². The lowest BCUT2D eigenvalue weighted by Gasteiger charge is -2.30. The van der Waals surface area contributed by atoms with Crippen molar-refractivity contribution in [2.24, 2.45) is 11.7 Å². The minimum absolute atomic E-state index is 0.587. The quantitative estimate of drug-likeness (QED) is 0.441. The molecule has 2 aromatic rings. The number of hydrogen-bond acceptors (Lipinski definition) is 3. The highest BCUT2D eigenvalue weighted by Crippen LogP contribution is 2.27. The fraction of sp³-hybridized carbons (Fsp3) is 0.458. The number of nitrogens with zero attached hydrogens (tertiary/aromatic N) is 1. The second-order valence-electron chi connectivity index (χ2n) is 8.25. The van der Waals surface area contributed by atoms with Crippen LogP contribution in [0.2, 0.25) is 10.0 Å². The molecule has 0 bridgehead atoms. The minimum Gasteiger partial charge on any atom is -0.475 e. The van der Waals surface area contributed by atoms with Gasteiger partial charge in [-0.1, -0.05) is 72.8 Å². The van der Waals surface area contributed by atoms with E-state index in [0.717, 1.165) is 25.6 Å². The minimum atomic E-state index is -5.08. The van der Waals surface area contributed by atoms with Crippen molar-refractivity contribution < 1.29 is 23.1 Å². The van der Waals surface area contributed by atoms with Crippen LogP contribution in [0.15, 0.2) is 42.5 Å². The Bertz CT molecular complexity index is 904. The highest BCUT2D eigenvalue weighted by atomic mass is 35.5. The third-order valence-corrected chi connectivity index (χ3v) is 6.25. The highest BCUT2D eigenvalue weighted by molar-refractivity contribution is 6.42. The SMILES string of the molecule is NCc1cccc(CN(Cc2ccc(Cl)c(Cl)c2)CC2CCCCC2)c1.O=C(O)C(F)(F)F. The number of halogens is 5. The van der Waals surface area contributed by atoms with Crippen LogP contribution < -0.4 is 5.73 Å². The molecular formula is C24H29Cl2F3N2O2. The van der Waals surface area contributed by atoms with Gasteiger partial charge < -0.3 is 10.8 Å². The monoisotopic (exact) mass is 504 g/mol. The molecule has 3 N–H and O–H groups in total. The van der Waals surface area contributed by atoms with Gasteiger partial charge in [0.2, 0.25) is 0 Å². The molecule has 1 saturated carbocycles. The van der Waals surface area contributed by atoms with Crippen molar-refractivity contribution in [1.82, 2.24) is 4.90 Å². The van der Waals surface area contributed by atoms with Gasteiger partial charge in [-0.05, 0) is 47.6 Å². The summed E-state index contributed by atoms with van der Waals surface area (Å²) in [5, 5.41) is 8.37. The molecule has 0 unspecified atom stereocenters. The molecule has 0 radical (unpaired) electrons. The van der Waals surface area contributed by atoms with E-state index in [2.05, 4.69) is 35.2 Å². The maximum absolute atomic E-state index is 10.6. The first-order valence-electron chi connectivity index (χ1n) is 10.8. The molecule has 1 fully saturated rings. The summed E-state index contributed by atoms with van der Waals surface area (Å²) in [4.78, 5) is 11.4. The molecular weight excluding hydrogens is 476 g/mol. The number of nitrogens with two attached hydrogens (primary N) is 1. The summed E-state index contributed by atoms with van der Waals surface area (Å²) in [7, 11) is 0. The molecule has 9 heteroatoms. The molecule has 182 valence electrons. The van der Waals surface area contributed by atoms with Crippen molar-refractivity contribution in [3.05, 3.63) is 69.2 Å². The Hall–Kier alpha value is -1.80. The molecule has 1 aliphatic rings. The molecule has 0 aromatic heterocycles. The Kier molecular flexibility index (Phi) is 11.0. The van der Waals surface area contributed by atoms with Gasteiger partial charge in [0.05, 0.1) is 10.0 Å². The van der Waals surface area contributed by atoms with Crippen molar-refractivity contribution in [1.29, 1.82) is 0 Å². The van der Waals surface area contributed by atoms with Crippen LogP contribution in [0.1, 0.15) is 48.8 Å². The Labute approximate surface area is 202 Å². The van der Waals surface area contributed by atoms with E-state index in [1.54, 1.807) is 0 Å². The van der Waals surface area contributed by atoms with Crippen LogP contribution >= 0.6 is 23.2 Å². The van der Waals surface area contributed by atoms with Gasteiger partial charge in [0, 0.05) is 26.2 Å². The molecule has 2 aromatic carbocycles. The molecule has 0 atom stereocenters. The molecule has 0 heterocycles. The van der Waals surface area contributed by atoms with Gasteiger partial charge in [-0.2, -0.15) is 13.2 Å². The number of benzene rings is 2. The van der Waals surface area contributed by atoms with Crippen molar-refractivity contribution >= 4 is 29.2 Å². The van der Waals surface area contributed by atoms with E-state index >= 15 is 0 Å². The van der Waals surface area contributed by atoms with Gasteiger partial charge in [-0.3, -0.25) is 4.90 Å². The summed E-state index contributed by atoms with van der Waals surface area (Å²) in [5.74, 6) is -1.96. The fourth-order valence-electron chi connectivity index (χ4n) is 3.93. The van der Waals surface area contributed by atoms with Gasteiger partial charge in [-0.15, -0.1) is 0 Å². The zero-order valence-corrected chi connectivity index (χ0v) is 19.8. The molecule has 1 aliphatic carbocycles. The number of alkyl halides is 3. The zero-order chi connectivity index (χ0) is 24.4. The Morgan fingerprint density at radius 1 is 0.970 bits per heavy atom. The van der Waals surface area contributed by atoms with Crippen LogP contribution in [0.4, 0.5) is 13.2 Å². The third kappa shape index (κ3) is 9.92. The van der Waals surface area contributed by atoms with Crippen LogP contribution in [0.5, 0.6) is 0 Å². The lowest BCUT2D eigenvalue weighted by atomic mass is 9.88. The number of aliphatic carboxylic acids is 1. The summed E-state index contributed by atoms with van der Waals surface area (Å²) in [6, 6.07) is 14.6. The highest BCUT2D eigenvalue weighted by Gasteiger charge is 2.38. The normalized spacial score (nSPS) is 14.6. The molecule has 0 spiro atoms. The first-order valence-corrected chi connectivity index (χ1v) is 11.6. The van der Waals surface area contributed by atoms with Gasteiger partial charge in [-0.25, -0.2) is 4.79 Å². The summed E-state index contributed by atoms with van der Waals surface area (Å²) in [6.07, 6.45) is 1.74. The average Bonchev–Trinajstić information content (AvgIpc) is 2.77. The number of hydrogen-bond donors (Lipinski definition) is 2. The summed E-state index contributed by atoms with van der Waals surface area (Å²) < 4.78 is 31.7. The van der Waals surface area contributed by atoms with Crippen molar-refractivity contribution in [2.75, 3.05) is 6.54 Å². The smallest absolute Gasteiger partial charge is 0.475 e. The first-order chi connectivity index (χ1) is 15.6. The molecule has 0 saturated heterocycles. The summed E-state index contributed by atoms with van der Waals surface area (Å²) in [6.45, 7) is 3.54. The molecule has 33 heavy (non-hydrogen) atoms. The number of carboxylic acid groups (broad SMARTS) is 1. The molecule has 0 aliphatic heterocycles. The third-order valence-electron chi connectivity index (χ3n) is 5.51. The Morgan fingerprint density at radius 2 is 1.55 bits per heavy atom. The topological polar surface area (TPSA) is 66.6 Å². The maximum atomic E-state index is 10.6. The van der Waals surface area contributed by atoms with E-state index in [4.69, 9.17) is 38.8 Å². The van der Waals surface area contributed by atoms with Crippen LogP contribution in [0, 0.1) is 5.92 Å². The van der Waals surface area contributed by atoms with E-state index in [-0.39, 0.29) is 0 Å². The van der Waals surface area contributed by atoms with Gasteiger partial charge in [0.25, 0.3) is 0 Å². The summed E-state index contributed by atoms with van der Waals surface area (Å²) >= 11 is 12.3. The molecule has 4 nitrogen and oxygen atoms in total. The van der Waals surface area contributed by atoms with Crippen LogP contribution in [0.3, 0.4) is 0 Å². The second kappa shape index (κ2) is 13.2. The number of carbonyl (C=O) groups is 1. The van der Waals surface area contributed by atoms with Crippen LogP contribution in [-0.2, 0) is 24.4 Å². The predicted octanol–water partition coefficient (Wildman–Crippen LogP) is 6.67. The molecule has 0 amide bonds. The first kappa shape index (κ1) is 27.4. The number of carboxylic acids is 1. The maximum Gasteiger partial charge on any atom is 0.490 e. The van der Waals surface area contributed by atoms with Crippen molar-refractivity contribution in [3.63, 3.8) is 0 Å². The molecule has 3 rings (SSSR count). The van der Waals surface area contributed by atoms with E-state index in [9.17, 15) is 13.2 Å². The Balaban J connectivity index is 0.000000479. The second-order valence-corrected chi connectivity index (χ2v) is 9.06. The number of rotatable bonds is 7. The van der Waals surface area contributed by atoms with Crippen molar-refractivity contribution in [2.45, 2.75) is 57.9 Å². The van der Waals surface area contributed by atoms with E-state index in [0.29, 0.717) is 16.6 Å². The predicted molar refractivity (Wildman–Crippen MR) is 125 cm³/mol. The summed E-state index contributed by atoms with van der Waals surface area (Å²) in [5.41, 5.74) is 9.54.